The maximum absolute atomic E-state index is 11.9. The van der Waals surface area contributed by atoms with E-state index in [4.69, 9.17) is 16.3 Å². The minimum atomic E-state index is -0.926. The number of esters is 1. The van der Waals surface area contributed by atoms with E-state index in [0.717, 1.165) is 31.7 Å². The van der Waals surface area contributed by atoms with Crippen LogP contribution in [0.1, 0.15) is 36.0 Å². The summed E-state index contributed by atoms with van der Waals surface area (Å²) in [5.41, 5.74) is -0.684. The third kappa shape index (κ3) is 4.17. The van der Waals surface area contributed by atoms with Crippen LogP contribution in [0.2, 0.25) is 5.02 Å². The van der Waals surface area contributed by atoms with Crippen LogP contribution in [0.4, 0.5) is 5.69 Å². The molecule has 1 amide bonds. The Morgan fingerprint density at radius 1 is 1.36 bits per heavy atom. The van der Waals surface area contributed by atoms with E-state index in [1.54, 1.807) is 0 Å². The molecule has 0 spiro atoms. The zero-order valence-corrected chi connectivity index (χ0v) is 12.5. The highest BCUT2D eigenvalue weighted by Crippen LogP contribution is 2.24. The van der Waals surface area contributed by atoms with Crippen molar-refractivity contribution < 1.29 is 19.2 Å². The molecule has 2 rings (SSSR count). The molecule has 1 saturated carbocycles. The Kier molecular flexibility index (Phi) is 5.32. The second kappa shape index (κ2) is 7.22. The number of amides is 1. The fraction of sp³-hybridized carbons (Fsp3) is 0.429. The minimum Gasteiger partial charge on any atom is -0.452 e. The SMILES string of the molecule is O=C(COC(=O)c1ccc(Cl)cc1[N+](=O)[O-])NC1CCCC1. The Morgan fingerprint density at radius 3 is 2.68 bits per heavy atom. The predicted octanol–water partition coefficient (Wildman–Crippen LogP) is 2.46. The maximum Gasteiger partial charge on any atom is 0.345 e. The van der Waals surface area contributed by atoms with Crippen molar-refractivity contribution in [2.75, 3.05) is 6.61 Å². The third-order valence-corrected chi connectivity index (χ3v) is 3.67. The molecule has 0 atom stereocenters. The van der Waals surface area contributed by atoms with E-state index < -0.39 is 29.1 Å². The number of nitro groups is 1. The normalized spacial score (nSPS) is 14.6. The molecule has 7 nitrogen and oxygen atoms in total. The molecule has 0 bridgehead atoms. The summed E-state index contributed by atoms with van der Waals surface area (Å²) in [5, 5.41) is 13.8. The lowest BCUT2D eigenvalue weighted by Crippen LogP contribution is -2.35. The largest absolute Gasteiger partial charge is 0.452 e. The van der Waals surface area contributed by atoms with Crippen molar-refractivity contribution in [1.29, 1.82) is 0 Å². The summed E-state index contributed by atoms with van der Waals surface area (Å²) in [6, 6.07) is 3.74. The van der Waals surface area contributed by atoms with Crippen LogP contribution in [-0.2, 0) is 9.53 Å². The molecule has 0 radical (unpaired) electrons. The molecule has 1 aliphatic carbocycles. The van der Waals surface area contributed by atoms with Gasteiger partial charge in [-0.3, -0.25) is 14.9 Å². The predicted molar refractivity (Wildman–Crippen MR) is 78.8 cm³/mol. The van der Waals surface area contributed by atoms with Crippen LogP contribution >= 0.6 is 11.6 Å². The molecule has 1 aromatic rings. The van der Waals surface area contributed by atoms with Gasteiger partial charge in [-0.05, 0) is 25.0 Å². The van der Waals surface area contributed by atoms with Crippen LogP contribution in [0.5, 0.6) is 0 Å². The van der Waals surface area contributed by atoms with Gasteiger partial charge in [0.05, 0.1) is 4.92 Å². The lowest BCUT2D eigenvalue weighted by atomic mass is 10.2. The Morgan fingerprint density at radius 2 is 2.05 bits per heavy atom. The van der Waals surface area contributed by atoms with Crippen LogP contribution in [0.25, 0.3) is 0 Å². The highest BCUT2D eigenvalue weighted by Gasteiger charge is 2.23. The Hall–Kier alpha value is -2.15. The van der Waals surface area contributed by atoms with Crippen molar-refractivity contribution in [3.8, 4) is 0 Å². The van der Waals surface area contributed by atoms with Crippen LogP contribution in [0.3, 0.4) is 0 Å². The van der Waals surface area contributed by atoms with Gasteiger partial charge in [0.1, 0.15) is 5.56 Å². The molecular weight excluding hydrogens is 312 g/mol. The number of hydrogen-bond acceptors (Lipinski definition) is 5. The fourth-order valence-electron chi connectivity index (χ4n) is 2.38. The van der Waals surface area contributed by atoms with Gasteiger partial charge in [0.2, 0.25) is 0 Å². The third-order valence-electron chi connectivity index (χ3n) is 3.43. The number of hydrogen-bond donors (Lipinski definition) is 1. The molecule has 0 heterocycles. The molecule has 1 aliphatic rings. The second-order valence-corrected chi connectivity index (χ2v) is 5.48. The number of halogens is 1. The summed E-state index contributed by atoms with van der Waals surface area (Å²) in [5.74, 6) is -1.33. The van der Waals surface area contributed by atoms with Gasteiger partial charge in [-0.15, -0.1) is 0 Å². The lowest BCUT2D eigenvalue weighted by Gasteiger charge is -2.12. The van der Waals surface area contributed by atoms with E-state index in [1.165, 1.54) is 12.1 Å². The van der Waals surface area contributed by atoms with Crippen molar-refractivity contribution in [2.24, 2.45) is 0 Å². The van der Waals surface area contributed by atoms with Gasteiger partial charge in [-0.1, -0.05) is 24.4 Å². The first-order valence-corrected chi connectivity index (χ1v) is 7.25. The van der Waals surface area contributed by atoms with E-state index >= 15 is 0 Å². The van der Waals surface area contributed by atoms with Gasteiger partial charge in [0, 0.05) is 17.1 Å². The monoisotopic (exact) mass is 326 g/mol. The van der Waals surface area contributed by atoms with E-state index in [0.29, 0.717) is 0 Å². The molecule has 0 saturated heterocycles. The van der Waals surface area contributed by atoms with E-state index in [-0.39, 0.29) is 16.6 Å². The Labute approximate surface area is 131 Å². The van der Waals surface area contributed by atoms with Crippen molar-refractivity contribution >= 4 is 29.2 Å². The van der Waals surface area contributed by atoms with Crippen molar-refractivity contribution in [1.82, 2.24) is 5.32 Å². The second-order valence-electron chi connectivity index (χ2n) is 5.04. The average Bonchev–Trinajstić information content (AvgIpc) is 2.97. The van der Waals surface area contributed by atoms with Crippen LogP contribution in [0.15, 0.2) is 18.2 Å². The lowest BCUT2D eigenvalue weighted by molar-refractivity contribution is -0.385. The number of carbonyl (C=O) groups is 2. The summed E-state index contributed by atoms with van der Waals surface area (Å²) < 4.78 is 4.83. The maximum atomic E-state index is 11.9. The van der Waals surface area contributed by atoms with E-state index in [1.807, 2.05) is 0 Å². The van der Waals surface area contributed by atoms with Crippen molar-refractivity contribution in [3.05, 3.63) is 38.9 Å². The molecule has 0 aromatic heterocycles. The first-order chi connectivity index (χ1) is 10.5. The molecule has 0 aliphatic heterocycles. The minimum absolute atomic E-state index is 0.121. The molecule has 22 heavy (non-hydrogen) atoms. The molecule has 118 valence electrons. The van der Waals surface area contributed by atoms with Crippen LogP contribution in [0, 0.1) is 10.1 Å². The molecule has 0 unspecified atom stereocenters. The summed E-state index contributed by atoms with van der Waals surface area (Å²) in [6.45, 7) is -0.463. The molecule has 1 aromatic carbocycles. The Balaban J connectivity index is 1.94. The topological polar surface area (TPSA) is 98.5 Å². The zero-order valence-electron chi connectivity index (χ0n) is 11.7. The number of carbonyl (C=O) groups excluding carboxylic acids is 2. The quantitative estimate of drug-likeness (QED) is 0.509. The highest BCUT2D eigenvalue weighted by atomic mass is 35.5. The molecule has 1 fully saturated rings. The van der Waals surface area contributed by atoms with Gasteiger partial charge in [0.15, 0.2) is 6.61 Å². The standard InChI is InChI=1S/C14H15ClN2O5/c15-9-5-6-11(12(7-9)17(20)21)14(19)22-8-13(18)16-10-3-1-2-4-10/h5-7,10H,1-4,8H2,(H,16,18). The Bertz CT molecular complexity index is 599. The van der Waals surface area contributed by atoms with Crippen LogP contribution < -0.4 is 5.32 Å². The number of nitrogens with zero attached hydrogens (tertiary/aromatic N) is 1. The van der Waals surface area contributed by atoms with E-state index in [9.17, 15) is 19.7 Å². The van der Waals surface area contributed by atoms with Gasteiger partial charge in [-0.2, -0.15) is 0 Å². The number of nitro benzene ring substituents is 1. The number of nitrogens with one attached hydrogen (secondary N) is 1. The highest BCUT2D eigenvalue weighted by molar-refractivity contribution is 6.31. The number of rotatable bonds is 5. The first-order valence-electron chi connectivity index (χ1n) is 6.88. The van der Waals surface area contributed by atoms with Crippen molar-refractivity contribution in [2.45, 2.75) is 31.7 Å². The van der Waals surface area contributed by atoms with Gasteiger partial charge in [0.25, 0.3) is 11.6 Å². The summed E-state index contributed by atoms with van der Waals surface area (Å²) in [7, 11) is 0. The zero-order chi connectivity index (χ0) is 16.1. The average molecular weight is 327 g/mol. The van der Waals surface area contributed by atoms with E-state index in [2.05, 4.69) is 5.32 Å². The molecule has 1 N–H and O–H groups in total. The van der Waals surface area contributed by atoms with Gasteiger partial charge in [-0.25, -0.2) is 4.79 Å². The molecular formula is C14H15ClN2O5. The number of ether oxygens (including phenoxy) is 1. The molecule has 8 heteroatoms. The number of benzene rings is 1. The van der Waals surface area contributed by atoms with Crippen molar-refractivity contribution in [3.63, 3.8) is 0 Å². The summed E-state index contributed by atoms with van der Waals surface area (Å²) in [4.78, 5) is 33.7. The summed E-state index contributed by atoms with van der Waals surface area (Å²) in [6.07, 6.45) is 3.98. The van der Waals surface area contributed by atoms with Gasteiger partial charge >= 0.3 is 5.97 Å². The summed E-state index contributed by atoms with van der Waals surface area (Å²) >= 11 is 5.67. The smallest absolute Gasteiger partial charge is 0.345 e. The fourth-order valence-corrected chi connectivity index (χ4v) is 2.54. The van der Waals surface area contributed by atoms with Crippen LogP contribution in [-0.4, -0.2) is 29.4 Å². The van der Waals surface area contributed by atoms with Gasteiger partial charge < -0.3 is 10.1 Å². The first kappa shape index (κ1) is 16.2.